The van der Waals surface area contributed by atoms with Crippen molar-refractivity contribution in [3.05, 3.63) is 28.2 Å². The third-order valence-corrected chi connectivity index (χ3v) is 3.72. The van der Waals surface area contributed by atoms with E-state index in [0.29, 0.717) is 6.61 Å². The van der Waals surface area contributed by atoms with Crippen molar-refractivity contribution in [1.82, 2.24) is 0 Å². The number of hydrogen-bond acceptors (Lipinski definition) is 2. The molecule has 1 saturated heterocycles. The Hall–Kier alpha value is -0.870. The fourth-order valence-corrected chi connectivity index (χ4v) is 3.00. The number of halogens is 1. The monoisotopic (exact) mass is 311 g/mol. The highest BCUT2D eigenvalue weighted by molar-refractivity contribution is 9.10. The van der Waals surface area contributed by atoms with Crippen LogP contribution < -0.4 is 5.32 Å². The van der Waals surface area contributed by atoms with Crippen LogP contribution in [0.15, 0.2) is 22.7 Å². The van der Waals surface area contributed by atoms with Gasteiger partial charge in [0.25, 0.3) is 0 Å². The Bertz CT molecular complexity index is 427. The van der Waals surface area contributed by atoms with Gasteiger partial charge in [0, 0.05) is 16.8 Å². The van der Waals surface area contributed by atoms with Gasteiger partial charge in [0.1, 0.15) is 0 Å². The zero-order valence-corrected chi connectivity index (χ0v) is 12.3. The van der Waals surface area contributed by atoms with Gasteiger partial charge in [0.05, 0.1) is 12.0 Å². The van der Waals surface area contributed by atoms with Crippen LogP contribution in [0.25, 0.3) is 0 Å². The summed E-state index contributed by atoms with van der Waals surface area (Å²) in [5, 5.41) is 2.98. The molecule has 1 fully saturated rings. The van der Waals surface area contributed by atoms with Crippen molar-refractivity contribution in [3.63, 3.8) is 0 Å². The van der Waals surface area contributed by atoms with E-state index in [1.54, 1.807) is 0 Å². The van der Waals surface area contributed by atoms with Gasteiger partial charge in [-0.25, -0.2) is 0 Å². The van der Waals surface area contributed by atoms with Crippen LogP contribution in [0.3, 0.4) is 0 Å². The average molecular weight is 312 g/mol. The number of carbonyl (C=O) groups is 1. The summed E-state index contributed by atoms with van der Waals surface area (Å²) in [5.74, 6) is 0.0473. The van der Waals surface area contributed by atoms with Gasteiger partial charge in [-0.2, -0.15) is 0 Å². The molecule has 1 aromatic rings. The largest absolute Gasteiger partial charge is 0.377 e. The highest BCUT2D eigenvalue weighted by Gasteiger charge is 2.32. The molecular weight excluding hydrogens is 294 g/mol. The third kappa shape index (κ3) is 3.12. The van der Waals surface area contributed by atoms with Gasteiger partial charge < -0.3 is 10.1 Å². The molecule has 2 atom stereocenters. The first-order valence-electron chi connectivity index (χ1n) is 6.30. The van der Waals surface area contributed by atoms with E-state index in [1.807, 2.05) is 25.1 Å². The molecule has 0 spiro atoms. The second kappa shape index (κ2) is 5.85. The molecule has 1 N–H and O–H groups in total. The minimum atomic E-state index is -0.0192. The lowest BCUT2D eigenvalue weighted by Crippen LogP contribution is -2.29. The maximum atomic E-state index is 12.2. The van der Waals surface area contributed by atoms with E-state index in [2.05, 4.69) is 28.2 Å². The van der Waals surface area contributed by atoms with E-state index in [-0.39, 0.29) is 17.9 Å². The number of aryl methyl sites for hydroxylation is 1. The van der Waals surface area contributed by atoms with Crippen LogP contribution in [0.2, 0.25) is 0 Å². The summed E-state index contributed by atoms with van der Waals surface area (Å²) < 4.78 is 6.53. The first kappa shape index (κ1) is 13.6. The predicted molar refractivity (Wildman–Crippen MR) is 75.6 cm³/mol. The number of carbonyl (C=O) groups excluding carboxylic acids is 1. The number of ether oxygens (including phenoxy) is 1. The van der Waals surface area contributed by atoms with Crippen molar-refractivity contribution in [2.24, 2.45) is 5.92 Å². The Kier molecular flexibility index (Phi) is 4.40. The second-order valence-corrected chi connectivity index (χ2v) is 5.63. The lowest BCUT2D eigenvalue weighted by Gasteiger charge is -2.16. The molecule has 4 heteroatoms. The van der Waals surface area contributed by atoms with Crippen molar-refractivity contribution in [1.29, 1.82) is 0 Å². The van der Waals surface area contributed by atoms with Crippen molar-refractivity contribution in [2.45, 2.75) is 32.8 Å². The second-order valence-electron chi connectivity index (χ2n) is 4.72. The summed E-state index contributed by atoms with van der Waals surface area (Å²) >= 11 is 3.44. The molecule has 0 bridgehead atoms. The lowest BCUT2D eigenvalue weighted by atomic mass is 9.98. The van der Waals surface area contributed by atoms with E-state index in [1.165, 1.54) is 0 Å². The van der Waals surface area contributed by atoms with Gasteiger partial charge >= 0.3 is 0 Å². The molecule has 2 rings (SSSR count). The fourth-order valence-electron chi connectivity index (χ4n) is 2.39. The maximum Gasteiger partial charge on any atom is 0.230 e. The maximum absolute atomic E-state index is 12.2. The number of hydrogen-bond donors (Lipinski definition) is 1. The summed E-state index contributed by atoms with van der Waals surface area (Å²) in [5.41, 5.74) is 1.96. The zero-order valence-electron chi connectivity index (χ0n) is 10.7. The van der Waals surface area contributed by atoms with Crippen molar-refractivity contribution in [2.75, 3.05) is 11.9 Å². The molecule has 98 valence electrons. The average Bonchev–Trinajstić information content (AvgIpc) is 2.75. The van der Waals surface area contributed by atoms with Crippen LogP contribution in [0.4, 0.5) is 5.69 Å². The van der Waals surface area contributed by atoms with Gasteiger partial charge in [-0.3, -0.25) is 4.79 Å². The fraction of sp³-hybridized carbons (Fsp3) is 0.500. The quantitative estimate of drug-likeness (QED) is 0.927. The first-order valence-corrected chi connectivity index (χ1v) is 7.09. The van der Waals surface area contributed by atoms with Crippen LogP contribution in [-0.2, 0) is 9.53 Å². The molecule has 1 amide bonds. The van der Waals surface area contributed by atoms with Gasteiger partial charge in [-0.1, -0.05) is 22.9 Å². The molecule has 0 saturated carbocycles. The highest BCUT2D eigenvalue weighted by atomic mass is 79.9. The smallest absolute Gasteiger partial charge is 0.230 e. The minimum absolute atomic E-state index is 0.0192. The Balaban J connectivity index is 2.06. The molecule has 18 heavy (non-hydrogen) atoms. The number of amides is 1. The van der Waals surface area contributed by atoms with Gasteiger partial charge in [-0.05, 0) is 43.5 Å². The molecule has 3 nitrogen and oxygen atoms in total. The molecule has 0 aromatic heterocycles. The molecule has 1 aliphatic heterocycles. The Labute approximate surface area is 116 Å². The summed E-state index contributed by atoms with van der Waals surface area (Å²) in [7, 11) is 0. The molecular formula is C14H18BrNO2. The van der Waals surface area contributed by atoms with Crippen molar-refractivity contribution >= 4 is 27.5 Å². The van der Waals surface area contributed by atoms with Crippen molar-refractivity contribution in [3.8, 4) is 0 Å². The van der Waals surface area contributed by atoms with E-state index in [4.69, 9.17) is 4.74 Å². The Morgan fingerprint density at radius 1 is 1.50 bits per heavy atom. The summed E-state index contributed by atoms with van der Waals surface area (Å²) in [6.07, 6.45) is 1.77. The van der Waals surface area contributed by atoms with Gasteiger partial charge in [-0.15, -0.1) is 0 Å². The zero-order chi connectivity index (χ0) is 13.1. The van der Waals surface area contributed by atoms with E-state index < -0.39 is 0 Å². The van der Waals surface area contributed by atoms with E-state index >= 15 is 0 Å². The summed E-state index contributed by atoms with van der Waals surface area (Å²) in [6.45, 7) is 4.75. The van der Waals surface area contributed by atoms with E-state index in [9.17, 15) is 4.79 Å². The molecule has 1 aliphatic rings. The Morgan fingerprint density at radius 3 is 2.94 bits per heavy atom. The number of nitrogens with one attached hydrogen (secondary N) is 1. The summed E-state index contributed by atoms with van der Waals surface area (Å²) in [6, 6.07) is 5.91. The van der Waals surface area contributed by atoms with Crippen LogP contribution in [-0.4, -0.2) is 18.6 Å². The normalized spacial score (nSPS) is 23.1. The molecule has 0 radical (unpaired) electrons. The minimum Gasteiger partial charge on any atom is -0.377 e. The summed E-state index contributed by atoms with van der Waals surface area (Å²) in [4.78, 5) is 12.2. The first-order chi connectivity index (χ1) is 8.60. The van der Waals surface area contributed by atoms with Crippen LogP contribution in [0.5, 0.6) is 0 Å². The molecule has 0 aliphatic carbocycles. The third-order valence-electron chi connectivity index (χ3n) is 3.26. The highest BCUT2D eigenvalue weighted by Crippen LogP contribution is 2.26. The number of rotatable bonds is 3. The Morgan fingerprint density at radius 2 is 2.28 bits per heavy atom. The van der Waals surface area contributed by atoms with Crippen LogP contribution >= 0.6 is 15.9 Å². The molecule has 2 unspecified atom stereocenters. The van der Waals surface area contributed by atoms with Gasteiger partial charge in [0.15, 0.2) is 0 Å². The number of anilines is 1. The van der Waals surface area contributed by atoms with Crippen LogP contribution in [0, 0.1) is 12.8 Å². The van der Waals surface area contributed by atoms with Crippen LogP contribution in [0.1, 0.15) is 25.3 Å². The molecule has 1 aromatic carbocycles. The van der Waals surface area contributed by atoms with Gasteiger partial charge in [0.2, 0.25) is 5.91 Å². The topological polar surface area (TPSA) is 38.3 Å². The van der Waals surface area contributed by atoms with Crippen molar-refractivity contribution < 1.29 is 9.53 Å². The molecule has 1 heterocycles. The standard InChI is InChI=1S/C14H18BrNO2/c1-3-13-12(4-5-18-13)14(17)16-11-7-9(2)6-10(15)8-11/h6-8,12-13H,3-5H2,1-2H3,(H,16,17). The predicted octanol–water partition coefficient (Wildman–Crippen LogP) is 3.51. The SMILES string of the molecule is CCC1OCCC1C(=O)Nc1cc(C)cc(Br)c1. The van der Waals surface area contributed by atoms with E-state index in [0.717, 1.165) is 28.6 Å². The lowest BCUT2D eigenvalue weighted by molar-refractivity contribution is -0.121. The number of benzene rings is 1.